The second kappa shape index (κ2) is 10.5. The van der Waals surface area contributed by atoms with Crippen LogP contribution in [0.3, 0.4) is 0 Å². The van der Waals surface area contributed by atoms with E-state index in [2.05, 4.69) is 194 Å². The van der Waals surface area contributed by atoms with Crippen LogP contribution in [0.15, 0.2) is 194 Å². The summed E-state index contributed by atoms with van der Waals surface area (Å²) in [7, 11) is 0. The summed E-state index contributed by atoms with van der Waals surface area (Å²) in [6.45, 7) is 0. The zero-order valence-corrected chi connectivity index (χ0v) is 27.9. The highest BCUT2D eigenvalue weighted by Gasteiger charge is 2.51. The summed E-state index contributed by atoms with van der Waals surface area (Å²) >= 11 is 0. The number of rotatable bonds is 4. The van der Waals surface area contributed by atoms with E-state index in [1.807, 2.05) is 0 Å². The normalized spacial score (nSPS) is 16.6. The van der Waals surface area contributed by atoms with Gasteiger partial charge in [0.15, 0.2) is 0 Å². The zero-order valence-electron chi connectivity index (χ0n) is 27.9. The lowest BCUT2D eigenvalue weighted by molar-refractivity contribution is 0.438. The van der Waals surface area contributed by atoms with Crippen molar-refractivity contribution in [2.75, 3.05) is 0 Å². The van der Waals surface area contributed by atoms with E-state index in [-0.39, 0.29) is 0 Å². The molecular weight excluding hydrogens is 617 g/mol. The van der Waals surface area contributed by atoms with Crippen molar-refractivity contribution in [3.05, 3.63) is 239 Å². The van der Waals surface area contributed by atoms with Crippen LogP contribution in [0.2, 0.25) is 0 Å². The van der Waals surface area contributed by atoms with Crippen molar-refractivity contribution in [2.24, 2.45) is 0 Å². The van der Waals surface area contributed by atoms with Crippen molar-refractivity contribution in [1.82, 2.24) is 0 Å². The van der Waals surface area contributed by atoms with Crippen LogP contribution in [0.5, 0.6) is 11.5 Å². The average molecular weight is 649 g/mol. The third-order valence-electron chi connectivity index (χ3n) is 11.6. The van der Waals surface area contributed by atoms with Crippen molar-refractivity contribution in [3.63, 3.8) is 0 Å². The first kappa shape index (κ1) is 28.4. The third kappa shape index (κ3) is 3.65. The Balaban J connectivity index is 1.10. The number of para-hydroxylation sites is 1. The Morgan fingerprint density at radius 2 is 0.784 bits per heavy atom. The van der Waals surface area contributed by atoms with Crippen LogP contribution in [0.25, 0.3) is 33.4 Å². The monoisotopic (exact) mass is 648 g/mol. The first-order valence-corrected chi connectivity index (χ1v) is 17.8. The van der Waals surface area contributed by atoms with Gasteiger partial charge in [-0.05, 0) is 85.0 Å². The van der Waals surface area contributed by atoms with Gasteiger partial charge in [0.25, 0.3) is 0 Å². The predicted molar refractivity (Wildman–Crippen MR) is 207 cm³/mol. The molecule has 1 heteroatoms. The second-order valence-corrected chi connectivity index (χ2v) is 13.9. The fourth-order valence-corrected chi connectivity index (χ4v) is 9.67. The molecule has 0 aromatic heterocycles. The van der Waals surface area contributed by atoms with E-state index in [1.165, 1.54) is 77.9 Å². The van der Waals surface area contributed by atoms with Crippen LogP contribution < -0.4 is 4.74 Å². The Bertz CT molecular complexity index is 2610. The Kier molecular flexibility index (Phi) is 5.86. The van der Waals surface area contributed by atoms with Crippen molar-refractivity contribution >= 4 is 0 Å². The maximum absolute atomic E-state index is 6.59. The molecule has 0 spiro atoms. The Labute approximate surface area is 298 Å². The molecule has 0 radical (unpaired) electrons. The number of hydrogen-bond acceptors (Lipinski definition) is 1. The van der Waals surface area contributed by atoms with Gasteiger partial charge in [0.05, 0.1) is 10.8 Å². The molecule has 1 heterocycles. The summed E-state index contributed by atoms with van der Waals surface area (Å²) in [5.74, 6) is 1.85. The molecule has 0 amide bonds. The molecule has 1 atom stereocenters. The molecular formula is C50H32O. The minimum atomic E-state index is -0.461. The van der Waals surface area contributed by atoms with Gasteiger partial charge in [-0.15, -0.1) is 0 Å². The molecule has 8 aromatic rings. The summed E-state index contributed by atoms with van der Waals surface area (Å²) in [5, 5.41) is 0. The molecule has 0 saturated carbocycles. The largest absolute Gasteiger partial charge is 0.457 e. The van der Waals surface area contributed by atoms with Crippen LogP contribution in [-0.2, 0) is 10.8 Å². The molecule has 1 nitrogen and oxygen atoms in total. The molecule has 1 unspecified atom stereocenters. The minimum absolute atomic E-state index is 0.395. The van der Waals surface area contributed by atoms with Crippen LogP contribution in [0.1, 0.15) is 44.5 Å². The quantitative estimate of drug-likeness (QED) is 0.185. The smallest absolute Gasteiger partial charge is 0.132 e. The predicted octanol–water partition coefficient (Wildman–Crippen LogP) is 12.2. The van der Waals surface area contributed by atoms with E-state index in [0.29, 0.717) is 0 Å². The lowest BCUT2D eigenvalue weighted by Crippen LogP contribution is -2.31. The molecule has 8 aromatic carbocycles. The highest BCUT2D eigenvalue weighted by Crippen LogP contribution is 2.63. The number of benzene rings is 8. The summed E-state index contributed by atoms with van der Waals surface area (Å²) < 4.78 is 6.59. The van der Waals surface area contributed by atoms with Crippen molar-refractivity contribution in [1.29, 1.82) is 0 Å². The van der Waals surface area contributed by atoms with E-state index in [4.69, 9.17) is 4.74 Å². The van der Waals surface area contributed by atoms with Crippen LogP contribution in [0.4, 0.5) is 0 Å². The first-order chi connectivity index (χ1) is 25.3. The van der Waals surface area contributed by atoms with Gasteiger partial charge in [0, 0.05) is 11.1 Å². The first-order valence-electron chi connectivity index (χ1n) is 17.8. The molecule has 0 bridgehead atoms. The van der Waals surface area contributed by atoms with Gasteiger partial charge in [-0.25, -0.2) is 0 Å². The van der Waals surface area contributed by atoms with Crippen molar-refractivity contribution in [2.45, 2.75) is 10.8 Å². The molecule has 3 aliphatic rings. The Morgan fingerprint density at radius 3 is 1.49 bits per heavy atom. The SMILES string of the molecule is c1ccc(C2(c3ccccc3)c3ccccc3-c3cc(-c4ccc(C56c7ccccc7Oc7cccc(c75)-c5ccccc56)cc4)ccc32)cc1. The van der Waals surface area contributed by atoms with Gasteiger partial charge in [-0.3, -0.25) is 0 Å². The van der Waals surface area contributed by atoms with Crippen LogP contribution >= 0.6 is 0 Å². The molecule has 0 fully saturated rings. The van der Waals surface area contributed by atoms with Crippen LogP contribution in [0, 0.1) is 0 Å². The van der Waals surface area contributed by atoms with Gasteiger partial charge >= 0.3 is 0 Å². The van der Waals surface area contributed by atoms with Gasteiger partial charge in [-0.2, -0.15) is 0 Å². The standard InChI is InChI=1S/C50H32O/c1-3-14-35(15-4-1)49(36-16-5-2-6-17-36)42-21-9-8-19-39(42)41-32-34(28-31-44(41)49)33-26-29-37(30-27-33)50-43-22-10-7-18-38(43)40-20-13-25-47(48(40)50)51-46-24-12-11-23-45(46)50/h1-32H. The third-order valence-corrected chi connectivity index (χ3v) is 11.6. The minimum Gasteiger partial charge on any atom is -0.457 e. The Morgan fingerprint density at radius 1 is 0.294 bits per heavy atom. The zero-order chi connectivity index (χ0) is 33.6. The molecule has 1 aliphatic heterocycles. The lowest BCUT2D eigenvalue weighted by Gasteiger charge is -2.39. The van der Waals surface area contributed by atoms with Crippen molar-refractivity contribution in [3.8, 4) is 44.9 Å². The maximum atomic E-state index is 6.59. The van der Waals surface area contributed by atoms with Gasteiger partial charge in [0.1, 0.15) is 11.5 Å². The highest BCUT2D eigenvalue weighted by atomic mass is 16.5. The van der Waals surface area contributed by atoms with E-state index in [9.17, 15) is 0 Å². The fraction of sp³-hybridized carbons (Fsp3) is 0.0400. The fourth-order valence-electron chi connectivity index (χ4n) is 9.67. The summed E-state index contributed by atoms with van der Waals surface area (Å²) in [5.41, 5.74) is 16.9. The maximum Gasteiger partial charge on any atom is 0.132 e. The van der Waals surface area contributed by atoms with Crippen LogP contribution in [-0.4, -0.2) is 0 Å². The number of fused-ring (bicyclic) bond motifs is 8. The van der Waals surface area contributed by atoms with E-state index < -0.39 is 10.8 Å². The summed E-state index contributed by atoms with van der Waals surface area (Å²) in [4.78, 5) is 0. The summed E-state index contributed by atoms with van der Waals surface area (Å²) in [6.07, 6.45) is 0. The molecule has 0 N–H and O–H groups in total. The molecule has 0 saturated heterocycles. The molecule has 2 aliphatic carbocycles. The number of ether oxygens (including phenoxy) is 1. The second-order valence-electron chi connectivity index (χ2n) is 13.9. The van der Waals surface area contributed by atoms with E-state index >= 15 is 0 Å². The van der Waals surface area contributed by atoms with E-state index in [0.717, 1.165) is 11.5 Å². The highest BCUT2D eigenvalue weighted by molar-refractivity contribution is 5.91. The lowest BCUT2D eigenvalue weighted by atomic mass is 9.66. The van der Waals surface area contributed by atoms with Gasteiger partial charge in [-0.1, -0.05) is 176 Å². The van der Waals surface area contributed by atoms with Gasteiger partial charge < -0.3 is 4.74 Å². The van der Waals surface area contributed by atoms with Gasteiger partial charge in [0.2, 0.25) is 0 Å². The Hall–Kier alpha value is -6.44. The molecule has 11 rings (SSSR count). The molecule has 51 heavy (non-hydrogen) atoms. The summed E-state index contributed by atoms with van der Waals surface area (Å²) in [6, 6.07) is 71.3. The molecule has 238 valence electrons. The van der Waals surface area contributed by atoms with E-state index in [1.54, 1.807) is 0 Å². The van der Waals surface area contributed by atoms with Crippen molar-refractivity contribution < 1.29 is 4.74 Å². The topological polar surface area (TPSA) is 9.23 Å². The average Bonchev–Trinajstić information content (AvgIpc) is 3.68. The number of hydrogen-bond donors (Lipinski definition) is 0.